The Morgan fingerprint density at radius 1 is 1.28 bits per heavy atom. The highest BCUT2D eigenvalue weighted by Crippen LogP contribution is 2.23. The van der Waals surface area contributed by atoms with Crippen molar-refractivity contribution in [1.82, 2.24) is 15.3 Å². The number of hydrogen-bond donors (Lipinski definition) is 1. The number of nitrogens with one attached hydrogen (secondary N) is 1. The zero-order chi connectivity index (χ0) is 17.5. The number of amides is 1. The highest BCUT2D eigenvalue weighted by atomic mass is 16.5. The molecule has 1 amide bonds. The molecule has 0 radical (unpaired) electrons. The maximum absolute atomic E-state index is 12.3. The molecule has 1 aromatic carbocycles. The lowest BCUT2D eigenvalue weighted by Gasteiger charge is -2.32. The number of para-hydroxylation sites is 2. The molecule has 0 unspecified atom stereocenters. The molecule has 6 nitrogen and oxygen atoms in total. The molecule has 0 atom stereocenters. The van der Waals surface area contributed by atoms with E-state index >= 15 is 0 Å². The molecule has 6 heteroatoms. The molecule has 0 aliphatic carbocycles. The number of carbonyl (C=O) groups excluding carboxylic acids is 1. The number of rotatable bonds is 7. The lowest BCUT2D eigenvalue weighted by molar-refractivity contribution is -0.125. The number of ether oxygens (including phenoxy) is 1. The first kappa shape index (κ1) is 17.6. The van der Waals surface area contributed by atoms with E-state index in [0.717, 1.165) is 55.8 Å². The van der Waals surface area contributed by atoms with Crippen molar-refractivity contribution in [1.29, 1.82) is 0 Å². The molecule has 25 heavy (non-hydrogen) atoms. The van der Waals surface area contributed by atoms with Gasteiger partial charge in [-0.1, -0.05) is 12.1 Å². The van der Waals surface area contributed by atoms with Gasteiger partial charge >= 0.3 is 0 Å². The number of benzene rings is 1. The number of fused-ring (bicyclic) bond motifs is 1. The van der Waals surface area contributed by atoms with Crippen LogP contribution in [-0.4, -0.2) is 48.7 Å². The first-order valence-electron chi connectivity index (χ1n) is 9.10. The van der Waals surface area contributed by atoms with Gasteiger partial charge in [-0.15, -0.1) is 0 Å². The minimum atomic E-state index is 0.0942. The van der Waals surface area contributed by atoms with Gasteiger partial charge in [-0.2, -0.15) is 0 Å². The predicted octanol–water partition coefficient (Wildman–Crippen LogP) is 2.39. The second kappa shape index (κ2) is 8.76. The van der Waals surface area contributed by atoms with Crippen molar-refractivity contribution in [3.05, 3.63) is 30.5 Å². The molecule has 0 saturated carbocycles. The number of anilines is 1. The normalized spacial score (nSPS) is 15.5. The van der Waals surface area contributed by atoms with Gasteiger partial charge in [-0.25, -0.2) is 4.98 Å². The Hall–Kier alpha value is -2.21. The van der Waals surface area contributed by atoms with Crippen LogP contribution >= 0.6 is 0 Å². The standard InChI is InChI=1S/C19H26N4O2/c1-2-25-13-5-10-20-19(24)15-8-11-23(12-9-15)18-14-21-16-6-3-4-7-17(16)22-18/h3-4,6-7,14-15H,2,5,8-13H2,1H3,(H,20,24). The summed E-state index contributed by atoms with van der Waals surface area (Å²) in [4.78, 5) is 23.6. The van der Waals surface area contributed by atoms with Gasteiger partial charge in [0.2, 0.25) is 5.91 Å². The van der Waals surface area contributed by atoms with Gasteiger partial charge in [0, 0.05) is 38.8 Å². The summed E-state index contributed by atoms with van der Waals surface area (Å²) in [5, 5.41) is 3.02. The second-order valence-electron chi connectivity index (χ2n) is 6.32. The lowest BCUT2D eigenvalue weighted by Crippen LogP contribution is -2.41. The SMILES string of the molecule is CCOCCCNC(=O)C1CCN(c2cnc3ccccc3n2)CC1. The van der Waals surface area contributed by atoms with Gasteiger partial charge < -0.3 is 15.0 Å². The third kappa shape index (κ3) is 4.66. The lowest BCUT2D eigenvalue weighted by atomic mass is 9.96. The summed E-state index contributed by atoms with van der Waals surface area (Å²) in [6.45, 7) is 5.77. The second-order valence-corrected chi connectivity index (χ2v) is 6.32. The molecular weight excluding hydrogens is 316 g/mol. The van der Waals surface area contributed by atoms with E-state index in [9.17, 15) is 4.79 Å². The molecule has 2 aromatic rings. The first-order chi connectivity index (χ1) is 12.3. The third-order valence-corrected chi connectivity index (χ3v) is 4.59. The molecule has 3 rings (SSSR count). The summed E-state index contributed by atoms with van der Waals surface area (Å²) in [6, 6.07) is 7.89. The van der Waals surface area contributed by atoms with E-state index in [1.807, 2.05) is 37.4 Å². The number of carbonyl (C=O) groups is 1. The van der Waals surface area contributed by atoms with Crippen LogP contribution in [-0.2, 0) is 9.53 Å². The summed E-state index contributed by atoms with van der Waals surface area (Å²) < 4.78 is 5.28. The number of aromatic nitrogens is 2. The van der Waals surface area contributed by atoms with E-state index in [4.69, 9.17) is 9.72 Å². The molecule has 1 saturated heterocycles. The zero-order valence-electron chi connectivity index (χ0n) is 14.8. The minimum absolute atomic E-state index is 0.0942. The van der Waals surface area contributed by atoms with E-state index in [1.54, 1.807) is 0 Å². The largest absolute Gasteiger partial charge is 0.382 e. The van der Waals surface area contributed by atoms with Crippen LogP contribution < -0.4 is 10.2 Å². The van der Waals surface area contributed by atoms with Gasteiger partial charge in [-0.3, -0.25) is 9.78 Å². The van der Waals surface area contributed by atoms with Crippen molar-refractivity contribution in [3.8, 4) is 0 Å². The molecule has 1 aromatic heterocycles. The Labute approximate surface area is 148 Å². The van der Waals surface area contributed by atoms with Gasteiger partial charge in [0.05, 0.1) is 17.2 Å². The van der Waals surface area contributed by atoms with Crippen molar-refractivity contribution in [2.45, 2.75) is 26.2 Å². The average Bonchev–Trinajstić information content (AvgIpc) is 2.67. The molecule has 2 heterocycles. The first-order valence-corrected chi connectivity index (χ1v) is 9.10. The highest BCUT2D eigenvalue weighted by Gasteiger charge is 2.25. The number of piperidine rings is 1. The topological polar surface area (TPSA) is 67.3 Å². The van der Waals surface area contributed by atoms with Crippen molar-refractivity contribution < 1.29 is 9.53 Å². The fourth-order valence-electron chi connectivity index (χ4n) is 3.15. The Bertz CT molecular complexity index is 699. The van der Waals surface area contributed by atoms with E-state index in [0.29, 0.717) is 13.2 Å². The van der Waals surface area contributed by atoms with Crippen LogP contribution in [0.3, 0.4) is 0 Å². The Balaban J connectivity index is 1.48. The molecule has 1 fully saturated rings. The summed E-state index contributed by atoms with van der Waals surface area (Å²) in [5.41, 5.74) is 1.82. The van der Waals surface area contributed by atoms with Crippen LogP contribution in [0, 0.1) is 5.92 Å². The third-order valence-electron chi connectivity index (χ3n) is 4.59. The van der Waals surface area contributed by atoms with E-state index in [1.165, 1.54) is 0 Å². The van der Waals surface area contributed by atoms with Gasteiger partial charge in [0.1, 0.15) is 5.82 Å². The maximum atomic E-state index is 12.3. The van der Waals surface area contributed by atoms with Crippen molar-refractivity contribution in [2.75, 3.05) is 37.7 Å². The van der Waals surface area contributed by atoms with Crippen molar-refractivity contribution in [3.63, 3.8) is 0 Å². The molecule has 134 valence electrons. The van der Waals surface area contributed by atoms with Crippen LogP contribution in [0.4, 0.5) is 5.82 Å². The average molecular weight is 342 g/mol. The fourth-order valence-corrected chi connectivity index (χ4v) is 3.15. The predicted molar refractivity (Wildman–Crippen MR) is 98.6 cm³/mol. The molecule has 0 spiro atoms. The van der Waals surface area contributed by atoms with Crippen molar-refractivity contribution >= 4 is 22.8 Å². The molecule has 1 aliphatic rings. The summed E-state index contributed by atoms with van der Waals surface area (Å²) in [5.74, 6) is 1.16. The van der Waals surface area contributed by atoms with E-state index < -0.39 is 0 Å². The number of hydrogen-bond acceptors (Lipinski definition) is 5. The highest BCUT2D eigenvalue weighted by molar-refractivity contribution is 5.79. The summed E-state index contributed by atoms with van der Waals surface area (Å²) >= 11 is 0. The zero-order valence-corrected chi connectivity index (χ0v) is 14.8. The van der Waals surface area contributed by atoms with Crippen LogP contribution in [0.2, 0.25) is 0 Å². The molecule has 1 N–H and O–H groups in total. The van der Waals surface area contributed by atoms with Crippen molar-refractivity contribution in [2.24, 2.45) is 5.92 Å². The van der Waals surface area contributed by atoms with E-state index in [2.05, 4.69) is 15.2 Å². The monoisotopic (exact) mass is 342 g/mol. The van der Waals surface area contributed by atoms with Gasteiger partial charge in [0.15, 0.2) is 0 Å². The van der Waals surface area contributed by atoms with Crippen LogP contribution in [0.1, 0.15) is 26.2 Å². The van der Waals surface area contributed by atoms with Crippen LogP contribution in [0.25, 0.3) is 11.0 Å². The van der Waals surface area contributed by atoms with E-state index in [-0.39, 0.29) is 11.8 Å². The van der Waals surface area contributed by atoms with Crippen LogP contribution in [0.5, 0.6) is 0 Å². The molecular formula is C19H26N4O2. The fraction of sp³-hybridized carbons (Fsp3) is 0.526. The molecule has 1 aliphatic heterocycles. The molecule has 0 bridgehead atoms. The maximum Gasteiger partial charge on any atom is 0.223 e. The quantitative estimate of drug-likeness (QED) is 0.783. The smallest absolute Gasteiger partial charge is 0.223 e. The van der Waals surface area contributed by atoms with Crippen LogP contribution in [0.15, 0.2) is 30.5 Å². The number of nitrogens with zero attached hydrogens (tertiary/aromatic N) is 3. The van der Waals surface area contributed by atoms with Gasteiger partial charge in [-0.05, 0) is 38.3 Å². The summed E-state index contributed by atoms with van der Waals surface area (Å²) in [7, 11) is 0. The van der Waals surface area contributed by atoms with Gasteiger partial charge in [0.25, 0.3) is 0 Å². The Morgan fingerprint density at radius 3 is 2.80 bits per heavy atom. The Kier molecular flexibility index (Phi) is 6.17. The minimum Gasteiger partial charge on any atom is -0.382 e. The Morgan fingerprint density at radius 2 is 2.04 bits per heavy atom. The summed E-state index contributed by atoms with van der Waals surface area (Å²) in [6.07, 6.45) is 4.40.